The molecule has 0 bridgehead atoms. The lowest BCUT2D eigenvalue weighted by Gasteiger charge is -2.28. The van der Waals surface area contributed by atoms with Gasteiger partial charge in [-0.05, 0) is 56.0 Å². The number of aromatic nitrogens is 1. The van der Waals surface area contributed by atoms with Crippen LogP contribution in [0.5, 0.6) is 0 Å². The Bertz CT molecular complexity index is 971. The predicted molar refractivity (Wildman–Crippen MR) is 121 cm³/mol. The number of hydrogen-bond donors (Lipinski definition) is 2. The topological polar surface area (TPSA) is 91.4 Å². The normalized spacial score (nSPS) is 18.2. The van der Waals surface area contributed by atoms with Gasteiger partial charge in [0, 0.05) is 37.2 Å². The minimum atomic E-state index is -0.451. The fourth-order valence-electron chi connectivity index (χ4n) is 3.65. The molecular formula is C22H24Cl2N4O3. The third-order valence-electron chi connectivity index (χ3n) is 5.34. The highest BCUT2D eigenvalue weighted by atomic mass is 35.5. The summed E-state index contributed by atoms with van der Waals surface area (Å²) >= 11 is 11.9. The Morgan fingerprint density at radius 3 is 2.19 bits per heavy atom. The number of nitrogens with zero attached hydrogens (tertiary/aromatic N) is 2. The van der Waals surface area contributed by atoms with E-state index in [1.807, 2.05) is 0 Å². The van der Waals surface area contributed by atoms with Gasteiger partial charge in [-0.25, -0.2) is 4.98 Å². The molecule has 3 rings (SSSR count). The molecule has 0 aliphatic heterocycles. The van der Waals surface area contributed by atoms with Crippen LogP contribution in [0.2, 0.25) is 10.0 Å². The molecule has 0 atom stereocenters. The number of carbonyl (C=O) groups excluding carboxylic acids is 3. The van der Waals surface area contributed by atoms with E-state index in [4.69, 9.17) is 23.2 Å². The van der Waals surface area contributed by atoms with Crippen LogP contribution in [-0.4, -0.2) is 41.7 Å². The summed E-state index contributed by atoms with van der Waals surface area (Å²) in [5.41, 5.74) is 0.599. The molecule has 164 valence electrons. The predicted octanol–water partition coefficient (Wildman–Crippen LogP) is 4.47. The first kappa shape index (κ1) is 23.0. The molecule has 31 heavy (non-hydrogen) atoms. The van der Waals surface area contributed by atoms with Crippen molar-refractivity contribution in [1.82, 2.24) is 9.88 Å². The van der Waals surface area contributed by atoms with E-state index >= 15 is 0 Å². The van der Waals surface area contributed by atoms with Crippen molar-refractivity contribution in [2.75, 3.05) is 24.7 Å². The lowest BCUT2D eigenvalue weighted by atomic mass is 9.81. The van der Waals surface area contributed by atoms with Gasteiger partial charge >= 0.3 is 0 Å². The zero-order chi connectivity index (χ0) is 22.5. The Morgan fingerprint density at radius 1 is 0.935 bits per heavy atom. The molecule has 9 heteroatoms. The lowest BCUT2D eigenvalue weighted by Crippen LogP contribution is -2.35. The number of rotatable bonds is 5. The molecule has 7 nitrogen and oxygen atoms in total. The quantitative estimate of drug-likeness (QED) is 0.685. The molecular weight excluding hydrogens is 439 g/mol. The molecule has 1 saturated carbocycles. The molecule has 1 aliphatic carbocycles. The number of benzene rings is 1. The van der Waals surface area contributed by atoms with Gasteiger partial charge in [-0.15, -0.1) is 0 Å². The number of pyridine rings is 1. The monoisotopic (exact) mass is 462 g/mol. The summed E-state index contributed by atoms with van der Waals surface area (Å²) in [5, 5.41) is 6.35. The van der Waals surface area contributed by atoms with Crippen LogP contribution in [-0.2, 0) is 9.59 Å². The number of amides is 3. The smallest absolute Gasteiger partial charge is 0.258 e. The Hall–Kier alpha value is -2.64. The van der Waals surface area contributed by atoms with Crippen LogP contribution >= 0.6 is 23.2 Å². The molecule has 2 aromatic rings. The standard InChI is InChI=1S/C22H24Cl2N4O3/c1-28(2)22(31)14-5-3-13(4-6-14)20(29)26-18-9-7-15(23)11-17(18)21(30)27-19-10-8-16(24)12-25-19/h7-14H,3-6H2,1-2H3,(H,26,29)(H,25,27,30). The third kappa shape index (κ3) is 5.95. The molecule has 1 aliphatic rings. The van der Waals surface area contributed by atoms with E-state index in [0.717, 1.165) is 0 Å². The van der Waals surface area contributed by atoms with E-state index in [1.54, 1.807) is 43.3 Å². The molecule has 0 spiro atoms. The highest BCUT2D eigenvalue weighted by Crippen LogP contribution is 2.31. The van der Waals surface area contributed by atoms with Crippen molar-refractivity contribution in [3.8, 4) is 0 Å². The van der Waals surface area contributed by atoms with Gasteiger partial charge in [-0.2, -0.15) is 0 Å². The summed E-state index contributed by atoms with van der Waals surface area (Å²) < 4.78 is 0. The molecule has 0 radical (unpaired) electrons. The average Bonchev–Trinajstić information content (AvgIpc) is 2.76. The van der Waals surface area contributed by atoms with Gasteiger partial charge in [-0.1, -0.05) is 23.2 Å². The fraction of sp³-hybridized carbons (Fsp3) is 0.364. The first-order valence-corrected chi connectivity index (χ1v) is 10.7. The number of anilines is 2. The van der Waals surface area contributed by atoms with E-state index in [2.05, 4.69) is 15.6 Å². The van der Waals surface area contributed by atoms with E-state index in [0.29, 0.717) is 47.2 Å². The summed E-state index contributed by atoms with van der Waals surface area (Å²) in [5.74, 6) is -0.440. The van der Waals surface area contributed by atoms with Gasteiger partial charge in [0.2, 0.25) is 11.8 Å². The highest BCUT2D eigenvalue weighted by Gasteiger charge is 2.31. The van der Waals surface area contributed by atoms with Crippen LogP contribution in [0, 0.1) is 11.8 Å². The van der Waals surface area contributed by atoms with Gasteiger partial charge in [0.05, 0.1) is 16.3 Å². The summed E-state index contributed by atoms with van der Waals surface area (Å²) in [6.45, 7) is 0. The number of carbonyl (C=O) groups is 3. The Balaban J connectivity index is 1.68. The van der Waals surface area contributed by atoms with Crippen molar-refractivity contribution in [3.05, 3.63) is 52.1 Å². The molecule has 1 fully saturated rings. The maximum absolute atomic E-state index is 12.8. The van der Waals surface area contributed by atoms with E-state index in [-0.39, 0.29) is 29.2 Å². The zero-order valence-corrected chi connectivity index (χ0v) is 18.8. The average molecular weight is 463 g/mol. The van der Waals surface area contributed by atoms with Crippen molar-refractivity contribution in [2.24, 2.45) is 11.8 Å². The lowest BCUT2D eigenvalue weighted by molar-refractivity contribution is -0.135. The van der Waals surface area contributed by atoms with Gasteiger partial charge in [0.15, 0.2) is 0 Å². The van der Waals surface area contributed by atoms with E-state index in [1.165, 1.54) is 12.3 Å². The van der Waals surface area contributed by atoms with E-state index in [9.17, 15) is 14.4 Å². The largest absolute Gasteiger partial charge is 0.349 e. The van der Waals surface area contributed by atoms with Crippen molar-refractivity contribution >= 4 is 52.4 Å². The van der Waals surface area contributed by atoms with Gasteiger partial charge in [0.25, 0.3) is 5.91 Å². The second kappa shape index (κ2) is 10.1. The molecule has 3 amide bonds. The van der Waals surface area contributed by atoms with E-state index < -0.39 is 5.91 Å². The first-order valence-electron chi connectivity index (χ1n) is 9.99. The van der Waals surface area contributed by atoms with Crippen LogP contribution in [0.15, 0.2) is 36.5 Å². The third-order valence-corrected chi connectivity index (χ3v) is 5.80. The Morgan fingerprint density at radius 2 is 1.58 bits per heavy atom. The van der Waals surface area contributed by atoms with Gasteiger partial charge < -0.3 is 15.5 Å². The maximum Gasteiger partial charge on any atom is 0.258 e. The van der Waals surface area contributed by atoms with Crippen molar-refractivity contribution in [3.63, 3.8) is 0 Å². The number of hydrogen-bond acceptors (Lipinski definition) is 4. The highest BCUT2D eigenvalue weighted by molar-refractivity contribution is 6.31. The van der Waals surface area contributed by atoms with Crippen LogP contribution in [0.4, 0.5) is 11.5 Å². The summed E-state index contributed by atoms with van der Waals surface area (Å²) in [4.78, 5) is 43.4. The summed E-state index contributed by atoms with van der Waals surface area (Å²) in [6, 6.07) is 7.90. The van der Waals surface area contributed by atoms with Crippen molar-refractivity contribution < 1.29 is 14.4 Å². The minimum absolute atomic E-state index is 0.0391. The maximum atomic E-state index is 12.8. The van der Waals surface area contributed by atoms with Crippen LogP contribution in [0.25, 0.3) is 0 Å². The summed E-state index contributed by atoms with van der Waals surface area (Å²) in [6.07, 6.45) is 4.02. The Labute approximate surface area is 191 Å². The summed E-state index contributed by atoms with van der Waals surface area (Å²) in [7, 11) is 3.49. The SMILES string of the molecule is CN(C)C(=O)C1CCC(C(=O)Nc2ccc(Cl)cc2C(=O)Nc2ccc(Cl)cn2)CC1. The van der Waals surface area contributed by atoms with Crippen LogP contribution in [0.3, 0.4) is 0 Å². The van der Waals surface area contributed by atoms with Crippen molar-refractivity contribution in [2.45, 2.75) is 25.7 Å². The molecule has 1 heterocycles. The van der Waals surface area contributed by atoms with Crippen LogP contribution < -0.4 is 10.6 Å². The minimum Gasteiger partial charge on any atom is -0.349 e. The number of halogens is 2. The number of nitrogens with one attached hydrogen (secondary N) is 2. The Kier molecular flexibility index (Phi) is 7.51. The fourth-order valence-corrected chi connectivity index (χ4v) is 3.93. The second-order valence-corrected chi connectivity index (χ2v) is 8.65. The first-order chi connectivity index (χ1) is 14.7. The van der Waals surface area contributed by atoms with Crippen molar-refractivity contribution in [1.29, 1.82) is 0 Å². The molecule has 0 saturated heterocycles. The van der Waals surface area contributed by atoms with Crippen LogP contribution in [0.1, 0.15) is 36.0 Å². The molecule has 1 aromatic heterocycles. The second-order valence-electron chi connectivity index (χ2n) is 7.78. The molecule has 0 unspecified atom stereocenters. The molecule has 2 N–H and O–H groups in total. The molecule has 1 aromatic carbocycles. The zero-order valence-electron chi connectivity index (χ0n) is 17.3. The van der Waals surface area contributed by atoms with Gasteiger partial charge in [0.1, 0.15) is 5.82 Å². The van der Waals surface area contributed by atoms with Gasteiger partial charge in [-0.3, -0.25) is 14.4 Å².